The van der Waals surface area contributed by atoms with Crippen LogP contribution < -0.4 is 14.8 Å². The van der Waals surface area contributed by atoms with Gasteiger partial charge in [0.15, 0.2) is 11.5 Å². The van der Waals surface area contributed by atoms with Gasteiger partial charge in [-0.25, -0.2) is 0 Å². The molecule has 0 fully saturated rings. The fourth-order valence-electron chi connectivity index (χ4n) is 2.46. The van der Waals surface area contributed by atoms with Crippen LogP contribution in [-0.4, -0.2) is 43.8 Å². The number of carbonyl (C=O) groups is 1. The van der Waals surface area contributed by atoms with Crippen LogP contribution >= 0.6 is 0 Å². The average Bonchev–Trinajstić information content (AvgIpc) is 3.03. The number of nitrogens with one attached hydrogen (secondary N) is 1. The first-order chi connectivity index (χ1) is 12.2. The summed E-state index contributed by atoms with van der Waals surface area (Å²) >= 11 is 0. The van der Waals surface area contributed by atoms with Gasteiger partial charge in [0, 0.05) is 18.0 Å². The van der Waals surface area contributed by atoms with E-state index in [4.69, 9.17) is 14.0 Å². The molecule has 0 radical (unpaired) electrons. The monoisotopic (exact) mass is 361 g/mol. The summed E-state index contributed by atoms with van der Waals surface area (Å²) in [7, 11) is 5.07. The first kappa shape index (κ1) is 19.8. The molecule has 7 heteroatoms. The maximum atomic E-state index is 12.2. The van der Waals surface area contributed by atoms with Crippen LogP contribution in [0, 0.1) is 0 Å². The maximum Gasteiger partial charge on any atom is 0.240 e. The summed E-state index contributed by atoms with van der Waals surface area (Å²) in [6.07, 6.45) is 0. The topological polar surface area (TPSA) is 76.8 Å². The van der Waals surface area contributed by atoms with E-state index in [1.807, 2.05) is 50.9 Å². The van der Waals surface area contributed by atoms with Gasteiger partial charge in [-0.3, -0.25) is 15.0 Å². The molecular weight excluding hydrogens is 334 g/mol. The van der Waals surface area contributed by atoms with Crippen LogP contribution in [0.4, 0.5) is 5.88 Å². The number of rotatable bonds is 7. The summed E-state index contributed by atoms with van der Waals surface area (Å²) in [5, 5.41) is 6.73. The third-order valence-electron chi connectivity index (χ3n) is 3.86. The highest BCUT2D eigenvalue weighted by Crippen LogP contribution is 2.28. The van der Waals surface area contributed by atoms with Gasteiger partial charge in [-0.15, -0.1) is 0 Å². The molecule has 0 atom stereocenters. The van der Waals surface area contributed by atoms with Crippen LogP contribution in [0.2, 0.25) is 0 Å². The van der Waals surface area contributed by atoms with Gasteiger partial charge in [0.25, 0.3) is 0 Å². The lowest BCUT2D eigenvalue weighted by Crippen LogP contribution is -2.29. The normalized spacial score (nSPS) is 11.5. The Bertz CT molecular complexity index is 749. The molecule has 0 saturated heterocycles. The van der Waals surface area contributed by atoms with Gasteiger partial charge in [0.05, 0.1) is 26.5 Å². The standard InChI is InChI=1S/C19H27N3O4/c1-19(2,3)16-10-18(26-21-16)20-17(23)12-22(4)11-13-7-8-14(24-5)15(9-13)25-6/h7-10H,11-12H2,1-6H3,(H,20,23). The van der Waals surface area contributed by atoms with E-state index in [1.165, 1.54) is 0 Å². The molecule has 1 aromatic heterocycles. The molecule has 0 aliphatic carbocycles. The number of anilines is 1. The molecule has 0 aliphatic heterocycles. The van der Waals surface area contributed by atoms with Gasteiger partial charge >= 0.3 is 0 Å². The van der Waals surface area contributed by atoms with Gasteiger partial charge in [-0.2, -0.15) is 0 Å². The fourth-order valence-corrected chi connectivity index (χ4v) is 2.46. The van der Waals surface area contributed by atoms with E-state index in [2.05, 4.69) is 10.5 Å². The summed E-state index contributed by atoms with van der Waals surface area (Å²) in [5.74, 6) is 1.54. The lowest BCUT2D eigenvalue weighted by Gasteiger charge is -2.17. The lowest BCUT2D eigenvalue weighted by atomic mass is 9.92. The number of aromatic nitrogens is 1. The van der Waals surface area contributed by atoms with Gasteiger partial charge in [0.2, 0.25) is 11.8 Å². The molecule has 142 valence electrons. The van der Waals surface area contributed by atoms with Gasteiger partial charge < -0.3 is 14.0 Å². The Labute approximate surface area is 154 Å². The van der Waals surface area contributed by atoms with E-state index in [1.54, 1.807) is 20.3 Å². The second-order valence-electron chi connectivity index (χ2n) is 7.24. The van der Waals surface area contributed by atoms with Crippen molar-refractivity contribution in [2.24, 2.45) is 0 Å². The lowest BCUT2D eigenvalue weighted by molar-refractivity contribution is -0.117. The third kappa shape index (κ3) is 5.23. The molecule has 2 rings (SSSR count). The molecule has 2 aromatic rings. The van der Waals surface area contributed by atoms with E-state index in [0.717, 1.165) is 11.3 Å². The van der Waals surface area contributed by atoms with Crippen molar-refractivity contribution in [3.8, 4) is 11.5 Å². The molecule has 1 aromatic carbocycles. The minimum absolute atomic E-state index is 0.128. The van der Waals surface area contributed by atoms with Crippen LogP contribution in [-0.2, 0) is 16.8 Å². The minimum atomic E-state index is -0.162. The summed E-state index contributed by atoms with van der Waals surface area (Å²) in [6.45, 7) is 6.92. The Hall–Kier alpha value is -2.54. The minimum Gasteiger partial charge on any atom is -0.493 e. The Kier molecular flexibility index (Phi) is 6.26. The average molecular weight is 361 g/mol. The number of hydrogen-bond donors (Lipinski definition) is 1. The van der Waals surface area contributed by atoms with Crippen LogP contribution in [0.1, 0.15) is 32.0 Å². The molecule has 1 amide bonds. The van der Waals surface area contributed by atoms with Crippen molar-refractivity contribution < 1.29 is 18.8 Å². The van der Waals surface area contributed by atoms with Crippen molar-refractivity contribution in [3.05, 3.63) is 35.5 Å². The summed E-state index contributed by atoms with van der Waals surface area (Å²) in [4.78, 5) is 14.1. The van der Waals surface area contributed by atoms with Crippen LogP contribution in [0.3, 0.4) is 0 Å². The van der Waals surface area contributed by atoms with Crippen molar-refractivity contribution in [2.75, 3.05) is 33.1 Å². The van der Waals surface area contributed by atoms with Crippen molar-refractivity contribution in [3.63, 3.8) is 0 Å². The van der Waals surface area contributed by atoms with Crippen molar-refractivity contribution in [1.82, 2.24) is 10.1 Å². The second-order valence-corrected chi connectivity index (χ2v) is 7.24. The zero-order chi connectivity index (χ0) is 19.3. The molecule has 7 nitrogen and oxygen atoms in total. The van der Waals surface area contributed by atoms with E-state index in [-0.39, 0.29) is 17.9 Å². The summed E-state index contributed by atoms with van der Waals surface area (Å²) in [6, 6.07) is 7.46. The number of methoxy groups -OCH3 is 2. The first-order valence-corrected chi connectivity index (χ1v) is 8.39. The number of benzene rings is 1. The molecule has 0 spiro atoms. The molecular formula is C19H27N3O4. The smallest absolute Gasteiger partial charge is 0.240 e. The summed E-state index contributed by atoms with van der Waals surface area (Å²) in [5.41, 5.74) is 1.69. The predicted octanol–water partition coefficient (Wildman–Crippen LogP) is 3.06. The van der Waals surface area contributed by atoms with Crippen molar-refractivity contribution in [1.29, 1.82) is 0 Å². The molecule has 0 saturated carbocycles. The molecule has 1 N–H and O–H groups in total. The molecule has 0 bridgehead atoms. The number of nitrogens with zero attached hydrogens (tertiary/aromatic N) is 2. The van der Waals surface area contributed by atoms with E-state index >= 15 is 0 Å². The van der Waals surface area contributed by atoms with E-state index < -0.39 is 0 Å². The van der Waals surface area contributed by atoms with Crippen LogP contribution in [0.25, 0.3) is 0 Å². The highest BCUT2D eigenvalue weighted by Gasteiger charge is 2.20. The Morgan fingerprint density at radius 2 is 1.88 bits per heavy atom. The van der Waals surface area contributed by atoms with Crippen LogP contribution in [0.5, 0.6) is 11.5 Å². The molecule has 1 heterocycles. The van der Waals surface area contributed by atoms with Crippen molar-refractivity contribution in [2.45, 2.75) is 32.7 Å². The summed E-state index contributed by atoms with van der Waals surface area (Å²) < 4.78 is 15.7. The number of carbonyl (C=O) groups excluding carboxylic acids is 1. The zero-order valence-electron chi connectivity index (χ0n) is 16.3. The second kappa shape index (κ2) is 8.23. The van der Waals surface area contributed by atoms with E-state index in [9.17, 15) is 4.79 Å². The molecule has 26 heavy (non-hydrogen) atoms. The number of ether oxygens (including phenoxy) is 2. The van der Waals surface area contributed by atoms with Gasteiger partial charge in [-0.05, 0) is 24.7 Å². The Morgan fingerprint density at radius 1 is 1.19 bits per heavy atom. The zero-order valence-corrected chi connectivity index (χ0v) is 16.3. The van der Waals surface area contributed by atoms with Gasteiger partial charge in [-0.1, -0.05) is 32.0 Å². The quantitative estimate of drug-likeness (QED) is 0.817. The van der Waals surface area contributed by atoms with Crippen LogP contribution in [0.15, 0.2) is 28.8 Å². The molecule has 0 aliphatic rings. The Balaban J connectivity index is 1.92. The largest absolute Gasteiger partial charge is 0.493 e. The molecule has 0 unspecified atom stereocenters. The highest BCUT2D eigenvalue weighted by molar-refractivity contribution is 5.90. The third-order valence-corrected chi connectivity index (χ3v) is 3.86. The van der Waals surface area contributed by atoms with Gasteiger partial charge in [0.1, 0.15) is 0 Å². The fraction of sp³-hybridized carbons (Fsp3) is 0.474. The Morgan fingerprint density at radius 3 is 2.46 bits per heavy atom. The number of hydrogen-bond acceptors (Lipinski definition) is 6. The SMILES string of the molecule is COc1ccc(CN(C)CC(=O)Nc2cc(C(C)(C)C)no2)cc1OC. The number of likely N-dealkylation sites (N-methyl/N-ethyl adjacent to an activating group) is 1. The maximum absolute atomic E-state index is 12.2. The highest BCUT2D eigenvalue weighted by atomic mass is 16.5. The first-order valence-electron chi connectivity index (χ1n) is 8.39. The predicted molar refractivity (Wildman–Crippen MR) is 99.7 cm³/mol. The van der Waals surface area contributed by atoms with E-state index in [0.29, 0.717) is 23.9 Å². The van der Waals surface area contributed by atoms with Crippen molar-refractivity contribution >= 4 is 11.8 Å². The number of amides is 1.